The van der Waals surface area contributed by atoms with Gasteiger partial charge < -0.3 is 9.47 Å². The molecule has 1 aromatic heterocycles. The molecule has 8 nitrogen and oxygen atoms in total. The molecule has 1 aliphatic rings. The maximum absolute atomic E-state index is 12.9. The van der Waals surface area contributed by atoms with Gasteiger partial charge in [-0.05, 0) is 50.1 Å². The number of rotatable bonds is 5. The molecule has 1 aromatic carbocycles. The van der Waals surface area contributed by atoms with Crippen molar-refractivity contribution >= 4 is 16.0 Å². The summed E-state index contributed by atoms with van der Waals surface area (Å²) < 4.78 is 37.6. The first-order valence-electron chi connectivity index (χ1n) is 8.55. The predicted molar refractivity (Wildman–Crippen MR) is 97.0 cm³/mol. The molecular weight excluding hydrogens is 370 g/mol. The van der Waals surface area contributed by atoms with Gasteiger partial charge in [0.1, 0.15) is 6.10 Å². The molecule has 0 radical (unpaired) electrons. The average Bonchev–Trinajstić information content (AvgIpc) is 2.69. The molecule has 0 saturated carbocycles. The summed E-state index contributed by atoms with van der Waals surface area (Å²) in [5.41, 5.74) is 1.08. The maximum Gasteiger partial charge on any atom is 0.337 e. The first-order valence-corrected chi connectivity index (χ1v) is 9.99. The lowest BCUT2D eigenvalue weighted by Gasteiger charge is -2.31. The first kappa shape index (κ1) is 19.2. The van der Waals surface area contributed by atoms with Gasteiger partial charge in [-0.25, -0.2) is 13.2 Å². The molecule has 3 rings (SSSR count). The van der Waals surface area contributed by atoms with Gasteiger partial charge >= 0.3 is 5.97 Å². The highest BCUT2D eigenvalue weighted by molar-refractivity contribution is 7.89. The van der Waals surface area contributed by atoms with E-state index in [1.54, 1.807) is 12.1 Å². The molecule has 1 fully saturated rings. The summed E-state index contributed by atoms with van der Waals surface area (Å²) >= 11 is 0. The lowest BCUT2D eigenvalue weighted by atomic mass is 10.1. The van der Waals surface area contributed by atoms with Crippen molar-refractivity contribution in [2.75, 3.05) is 20.2 Å². The molecule has 144 valence electrons. The molecule has 9 heteroatoms. The Kier molecular flexibility index (Phi) is 5.71. The third kappa shape index (κ3) is 4.42. The monoisotopic (exact) mass is 391 g/mol. The molecule has 0 spiro atoms. The molecule has 1 atom stereocenters. The highest BCUT2D eigenvalue weighted by atomic mass is 32.2. The maximum atomic E-state index is 12.9. The van der Waals surface area contributed by atoms with E-state index in [1.165, 1.54) is 35.7 Å². The summed E-state index contributed by atoms with van der Waals surface area (Å²) in [4.78, 5) is 11.6. The fraction of sp³-hybridized carbons (Fsp3) is 0.389. The quantitative estimate of drug-likeness (QED) is 0.717. The zero-order chi connectivity index (χ0) is 19.4. The second kappa shape index (κ2) is 8.01. The topological polar surface area (TPSA) is 98.7 Å². The van der Waals surface area contributed by atoms with Crippen LogP contribution in [0.1, 0.15) is 28.9 Å². The van der Waals surface area contributed by atoms with Gasteiger partial charge in [-0.15, -0.1) is 5.10 Å². The lowest BCUT2D eigenvalue weighted by molar-refractivity contribution is 0.0600. The minimum absolute atomic E-state index is 0.130. The molecule has 0 aliphatic carbocycles. The Bertz CT molecular complexity index is 898. The molecule has 1 unspecified atom stereocenters. The van der Waals surface area contributed by atoms with E-state index in [-0.39, 0.29) is 17.5 Å². The third-order valence-corrected chi connectivity index (χ3v) is 6.19. The number of ether oxygens (including phenoxy) is 2. The number of piperidine rings is 1. The molecular formula is C18H21N3O5S. The number of nitrogens with zero attached hydrogens (tertiary/aromatic N) is 3. The van der Waals surface area contributed by atoms with Crippen molar-refractivity contribution in [1.82, 2.24) is 14.5 Å². The number of aromatic nitrogens is 2. The van der Waals surface area contributed by atoms with Gasteiger partial charge in [-0.3, -0.25) is 0 Å². The number of hydrogen-bond donors (Lipinski definition) is 0. The normalized spacial score (nSPS) is 18.1. The van der Waals surface area contributed by atoms with Crippen molar-refractivity contribution in [3.8, 4) is 5.88 Å². The van der Waals surface area contributed by atoms with Gasteiger partial charge in [0.2, 0.25) is 15.9 Å². The zero-order valence-corrected chi connectivity index (χ0v) is 16.0. The van der Waals surface area contributed by atoms with Crippen molar-refractivity contribution < 1.29 is 22.7 Å². The predicted octanol–water partition coefficient (Wildman–Crippen LogP) is 1.80. The van der Waals surface area contributed by atoms with E-state index in [4.69, 9.17) is 4.74 Å². The van der Waals surface area contributed by atoms with E-state index < -0.39 is 16.0 Å². The summed E-state index contributed by atoms with van der Waals surface area (Å²) in [5.74, 6) is -0.128. The van der Waals surface area contributed by atoms with Crippen LogP contribution in [0.15, 0.2) is 41.3 Å². The van der Waals surface area contributed by atoms with Crippen LogP contribution < -0.4 is 4.74 Å². The van der Waals surface area contributed by atoms with E-state index in [0.717, 1.165) is 12.1 Å². The summed E-state index contributed by atoms with van der Waals surface area (Å²) in [6, 6.07) is 9.23. The van der Waals surface area contributed by atoms with E-state index in [0.29, 0.717) is 24.4 Å². The van der Waals surface area contributed by atoms with Crippen LogP contribution in [0, 0.1) is 6.92 Å². The van der Waals surface area contributed by atoms with Crippen LogP contribution >= 0.6 is 0 Å². The Hall–Kier alpha value is -2.52. The molecule has 1 saturated heterocycles. The minimum atomic E-state index is -3.68. The van der Waals surface area contributed by atoms with Crippen molar-refractivity contribution in [3.63, 3.8) is 0 Å². The van der Waals surface area contributed by atoms with Crippen LogP contribution in [0.4, 0.5) is 0 Å². The first-order chi connectivity index (χ1) is 12.9. The number of carbonyl (C=O) groups excluding carboxylic acids is 1. The van der Waals surface area contributed by atoms with Crippen LogP contribution in [0.3, 0.4) is 0 Å². The molecule has 0 N–H and O–H groups in total. The summed E-state index contributed by atoms with van der Waals surface area (Å²) in [7, 11) is -2.40. The number of hydrogen-bond acceptors (Lipinski definition) is 7. The van der Waals surface area contributed by atoms with Gasteiger partial charge in [0.05, 0.1) is 29.8 Å². The largest absolute Gasteiger partial charge is 0.472 e. The van der Waals surface area contributed by atoms with Gasteiger partial charge in [0, 0.05) is 12.6 Å². The van der Waals surface area contributed by atoms with E-state index in [1.807, 2.05) is 6.92 Å². The van der Waals surface area contributed by atoms with E-state index in [2.05, 4.69) is 14.9 Å². The average molecular weight is 391 g/mol. The number of carbonyl (C=O) groups is 1. The minimum Gasteiger partial charge on any atom is -0.472 e. The molecule has 0 bridgehead atoms. The second-order valence-corrected chi connectivity index (χ2v) is 8.21. The number of methoxy groups -OCH3 is 1. The Morgan fingerprint density at radius 2 is 1.89 bits per heavy atom. The highest BCUT2D eigenvalue weighted by Crippen LogP contribution is 2.23. The fourth-order valence-corrected chi connectivity index (χ4v) is 4.38. The standard InChI is InChI=1S/C18H21N3O5S/c1-13-5-10-17(20-19-13)26-15-4-3-11-21(12-15)27(23,24)16-8-6-14(7-9-16)18(22)25-2/h5-10,15H,3-4,11-12H2,1-2H3. The van der Waals surface area contributed by atoms with Crippen LogP contribution in [0.25, 0.3) is 0 Å². The van der Waals surface area contributed by atoms with Crippen LogP contribution in [-0.2, 0) is 14.8 Å². The third-order valence-electron chi connectivity index (χ3n) is 4.31. The summed E-state index contributed by atoms with van der Waals surface area (Å²) in [5, 5.41) is 7.91. The molecule has 2 aromatic rings. The van der Waals surface area contributed by atoms with E-state index in [9.17, 15) is 13.2 Å². The summed E-state index contributed by atoms with van der Waals surface area (Å²) in [6.07, 6.45) is 1.13. The zero-order valence-electron chi connectivity index (χ0n) is 15.2. The molecule has 0 amide bonds. The number of aryl methyl sites for hydroxylation is 1. The molecule has 1 aliphatic heterocycles. The number of benzene rings is 1. The van der Waals surface area contributed by atoms with Gasteiger partial charge in [-0.1, -0.05) is 0 Å². The summed E-state index contributed by atoms with van der Waals surface area (Å²) in [6.45, 7) is 2.48. The van der Waals surface area contributed by atoms with Gasteiger partial charge in [0.15, 0.2) is 0 Å². The molecule has 27 heavy (non-hydrogen) atoms. The Labute approximate surface area is 158 Å². The molecule has 2 heterocycles. The van der Waals surface area contributed by atoms with Gasteiger partial charge in [0.25, 0.3) is 0 Å². The SMILES string of the molecule is COC(=O)c1ccc(S(=O)(=O)N2CCCC(Oc3ccc(C)nn3)C2)cc1. The second-order valence-electron chi connectivity index (χ2n) is 6.27. The number of esters is 1. The fourth-order valence-electron chi connectivity index (χ4n) is 2.87. The Balaban J connectivity index is 1.72. The Morgan fingerprint density at radius 1 is 1.15 bits per heavy atom. The van der Waals surface area contributed by atoms with E-state index >= 15 is 0 Å². The highest BCUT2D eigenvalue weighted by Gasteiger charge is 2.31. The lowest BCUT2D eigenvalue weighted by Crippen LogP contribution is -2.44. The smallest absolute Gasteiger partial charge is 0.337 e. The van der Waals surface area contributed by atoms with Crippen molar-refractivity contribution in [2.24, 2.45) is 0 Å². The van der Waals surface area contributed by atoms with Crippen LogP contribution in [-0.4, -0.2) is 55.2 Å². The van der Waals surface area contributed by atoms with Gasteiger partial charge in [-0.2, -0.15) is 9.40 Å². The van der Waals surface area contributed by atoms with Crippen molar-refractivity contribution in [3.05, 3.63) is 47.7 Å². The van der Waals surface area contributed by atoms with Crippen LogP contribution in [0.5, 0.6) is 5.88 Å². The Morgan fingerprint density at radius 3 is 2.52 bits per heavy atom. The number of sulfonamides is 1. The van der Waals surface area contributed by atoms with Crippen molar-refractivity contribution in [2.45, 2.75) is 30.8 Å². The van der Waals surface area contributed by atoms with Crippen LogP contribution in [0.2, 0.25) is 0 Å². The van der Waals surface area contributed by atoms with Crippen molar-refractivity contribution in [1.29, 1.82) is 0 Å².